The summed E-state index contributed by atoms with van der Waals surface area (Å²) in [7, 11) is 1.51. The van der Waals surface area contributed by atoms with Crippen molar-refractivity contribution < 1.29 is 19.1 Å². The number of anilines is 2. The molecule has 2 aromatic rings. The molecule has 0 saturated carbocycles. The lowest BCUT2D eigenvalue weighted by molar-refractivity contribution is -0.117. The molecule has 7 heteroatoms. The van der Waals surface area contributed by atoms with Gasteiger partial charge in [-0.3, -0.25) is 9.59 Å². The molecule has 148 valence electrons. The molecular formula is C22H21N3O4. The second kappa shape index (κ2) is 9.42. The molecule has 0 atom stereocenters. The van der Waals surface area contributed by atoms with Crippen molar-refractivity contribution >= 4 is 29.3 Å². The molecule has 2 aromatic carbocycles. The summed E-state index contributed by atoms with van der Waals surface area (Å²) in [6, 6.07) is 14.3. The van der Waals surface area contributed by atoms with E-state index in [0.717, 1.165) is 24.2 Å². The van der Waals surface area contributed by atoms with Crippen LogP contribution in [0.1, 0.15) is 18.4 Å². The SMILES string of the molecule is COc1cc(C=CC(=O)Nc2ccc(N3CCCC3=O)cc2)ccc1OCC#N. The fourth-order valence-electron chi connectivity index (χ4n) is 3.02. The van der Waals surface area contributed by atoms with Crippen molar-refractivity contribution in [2.24, 2.45) is 0 Å². The van der Waals surface area contributed by atoms with E-state index in [4.69, 9.17) is 14.7 Å². The number of hydrogen-bond acceptors (Lipinski definition) is 5. The third-order valence-electron chi connectivity index (χ3n) is 4.43. The van der Waals surface area contributed by atoms with Gasteiger partial charge in [-0.15, -0.1) is 0 Å². The van der Waals surface area contributed by atoms with Gasteiger partial charge in [0.15, 0.2) is 18.1 Å². The maximum Gasteiger partial charge on any atom is 0.248 e. The molecule has 1 N–H and O–H groups in total. The highest BCUT2D eigenvalue weighted by Crippen LogP contribution is 2.28. The summed E-state index contributed by atoms with van der Waals surface area (Å²) in [6.45, 7) is 0.662. The summed E-state index contributed by atoms with van der Waals surface area (Å²) in [5, 5.41) is 11.4. The van der Waals surface area contributed by atoms with E-state index in [0.29, 0.717) is 23.6 Å². The normalized spacial score (nSPS) is 13.4. The van der Waals surface area contributed by atoms with Crippen LogP contribution in [0.25, 0.3) is 6.08 Å². The average molecular weight is 391 g/mol. The standard InChI is InChI=1S/C22H21N3O4/c1-28-20-15-16(4-10-19(20)29-14-12-23)5-11-21(26)24-17-6-8-18(9-7-17)25-13-2-3-22(25)27/h4-11,15H,2-3,13-14H2,1H3,(H,24,26). The Balaban J connectivity index is 1.61. The van der Waals surface area contributed by atoms with Crippen molar-refractivity contribution in [3.63, 3.8) is 0 Å². The van der Waals surface area contributed by atoms with Crippen LogP contribution in [0.3, 0.4) is 0 Å². The summed E-state index contributed by atoms with van der Waals surface area (Å²) in [6.07, 6.45) is 4.53. The topological polar surface area (TPSA) is 91.7 Å². The van der Waals surface area contributed by atoms with Crippen molar-refractivity contribution in [1.29, 1.82) is 5.26 Å². The van der Waals surface area contributed by atoms with Crippen molar-refractivity contribution in [3.8, 4) is 17.6 Å². The third-order valence-corrected chi connectivity index (χ3v) is 4.43. The first-order valence-corrected chi connectivity index (χ1v) is 9.18. The Hall–Kier alpha value is -3.79. The molecule has 0 aliphatic carbocycles. The molecule has 0 unspecified atom stereocenters. The lowest BCUT2D eigenvalue weighted by Gasteiger charge is -2.15. The number of nitriles is 1. The zero-order chi connectivity index (χ0) is 20.6. The first kappa shape index (κ1) is 20.0. The van der Waals surface area contributed by atoms with Gasteiger partial charge in [-0.25, -0.2) is 0 Å². The van der Waals surface area contributed by atoms with E-state index in [-0.39, 0.29) is 18.4 Å². The number of rotatable bonds is 7. The fraction of sp³-hybridized carbons (Fsp3) is 0.227. The minimum absolute atomic E-state index is 0.0708. The smallest absolute Gasteiger partial charge is 0.248 e. The summed E-state index contributed by atoms with van der Waals surface area (Å²) in [4.78, 5) is 25.7. The number of carbonyl (C=O) groups is 2. The van der Waals surface area contributed by atoms with Crippen LogP contribution < -0.4 is 19.7 Å². The predicted molar refractivity (Wildman–Crippen MR) is 110 cm³/mol. The molecule has 1 aliphatic rings. The molecule has 7 nitrogen and oxygen atoms in total. The lowest BCUT2D eigenvalue weighted by atomic mass is 10.2. The van der Waals surface area contributed by atoms with Gasteiger partial charge >= 0.3 is 0 Å². The number of hydrogen-bond donors (Lipinski definition) is 1. The monoisotopic (exact) mass is 391 g/mol. The highest BCUT2D eigenvalue weighted by atomic mass is 16.5. The molecule has 1 heterocycles. The highest BCUT2D eigenvalue weighted by Gasteiger charge is 2.21. The molecule has 0 spiro atoms. The fourth-order valence-corrected chi connectivity index (χ4v) is 3.02. The van der Waals surface area contributed by atoms with Crippen LogP contribution in [0.15, 0.2) is 48.5 Å². The van der Waals surface area contributed by atoms with E-state index in [1.54, 1.807) is 41.3 Å². The molecular weight excluding hydrogens is 370 g/mol. The summed E-state index contributed by atoms with van der Waals surface area (Å²) in [5.74, 6) is 0.796. The molecule has 0 bridgehead atoms. The van der Waals surface area contributed by atoms with Crippen LogP contribution in [0.5, 0.6) is 11.5 Å². The number of ether oxygens (including phenoxy) is 2. The van der Waals surface area contributed by atoms with Gasteiger partial charge < -0.3 is 19.7 Å². The van der Waals surface area contributed by atoms with Crippen molar-refractivity contribution in [2.75, 3.05) is 30.5 Å². The summed E-state index contributed by atoms with van der Waals surface area (Å²) in [5.41, 5.74) is 2.24. The zero-order valence-corrected chi connectivity index (χ0v) is 16.1. The van der Waals surface area contributed by atoms with Gasteiger partial charge in [-0.2, -0.15) is 5.26 Å². The molecule has 0 aromatic heterocycles. The summed E-state index contributed by atoms with van der Waals surface area (Å²) < 4.78 is 10.5. The number of nitrogens with one attached hydrogen (secondary N) is 1. The van der Waals surface area contributed by atoms with E-state index < -0.39 is 0 Å². The molecule has 1 aliphatic heterocycles. The van der Waals surface area contributed by atoms with Crippen LogP contribution in [-0.4, -0.2) is 32.1 Å². The van der Waals surface area contributed by atoms with Gasteiger partial charge in [0.1, 0.15) is 6.07 Å². The van der Waals surface area contributed by atoms with Crippen molar-refractivity contribution in [3.05, 3.63) is 54.1 Å². The molecule has 29 heavy (non-hydrogen) atoms. The lowest BCUT2D eigenvalue weighted by Crippen LogP contribution is -2.23. The maximum atomic E-state index is 12.2. The average Bonchev–Trinajstić information content (AvgIpc) is 3.17. The zero-order valence-electron chi connectivity index (χ0n) is 16.1. The second-order valence-electron chi connectivity index (χ2n) is 6.38. The second-order valence-corrected chi connectivity index (χ2v) is 6.38. The van der Waals surface area contributed by atoms with Crippen molar-refractivity contribution in [2.45, 2.75) is 12.8 Å². The Labute approximate surface area is 169 Å². The Kier molecular flexibility index (Phi) is 6.48. The van der Waals surface area contributed by atoms with Crippen LogP contribution in [0, 0.1) is 11.3 Å². The van der Waals surface area contributed by atoms with Crippen LogP contribution >= 0.6 is 0 Å². The van der Waals surface area contributed by atoms with E-state index in [9.17, 15) is 9.59 Å². The summed E-state index contributed by atoms with van der Waals surface area (Å²) >= 11 is 0. The quantitative estimate of drug-likeness (QED) is 0.731. The first-order valence-electron chi connectivity index (χ1n) is 9.18. The molecule has 0 radical (unpaired) electrons. The van der Waals surface area contributed by atoms with Gasteiger partial charge in [0.25, 0.3) is 0 Å². The molecule has 2 amide bonds. The van der Waals surface area contributed by atoms with E-state index >= 15 is 0 Å². The largest absolute Gasteiger partial charge is 0.493 e. The van der Waals surface area contributed by atoms with Crippen LogP contribution in [0.2, 0.25) is 0 Å². The van der Waals surface area contributed by atoms with E-state index in [1.165, 1.54) is 13.2 Å². The van der Waals surface area contributed by atoms with Crippen LogP contribution in [-0.2, 0) is 9.59 Å². The van der Waals surface area contributed by atoms with Gasteiger partial charge in [0.05, 0.1) is 7.11 Å². The minimum atomic E-state index is -0.279. The highest BCUT2D eigenvalue weighted by molar-refractivity contribution is 6.02. The van der Waals surface area contributed by atoms with Gasteiger partial charge in [0, 0.05) is 30.4 Å². The number of amides is 2. The van der Waals surface area contributed by atoms with Gasteiger partial charge in [-0.05, 0) is 54.5 Å². The maximum absolute atomic E-state index is 12.2. The first-order chi connectivity index (χ1) is 14.1. The third kappa shape index (κ3) is 5.14. The Morgan fingerprint density at radius 3 is 2.69 bits per heavy atom. The minimum Gasteiger partial charge on any atom is -0.493 e. The Morgan fingerprint density at radius 2 is 2.03 bits per heavy atom. The van der Waals surface area contributed by atoms with E-state index in [2.05, 4.69) is 5.32 Å². The Bertz CT molecular complexity index is 961. The van der Waals surface area contributed by atoms with Crippen molar-refractivity contribution in [1.82, 2.24) is 0 Å². The van der Waals surface area contributed by atoms with Crippen LogP contribution in [0.4, 0.5) is 11.4 Å². The number of carbonyl (C=O) groups excluding carboxylic acids is 2. The number of nitrogens with zero attached hydrogens (tertiary/aromatic N) is 2. The van der Waals surface area contributed by atoms with E-state index in [1.807, 2.05) is 18.2 Å². The molecule has 3 rings (SSSR count). The van der Waals surface area contributed by atoms with Gasteiger partial charge in [0.2, 0.25) is 11.8 Å². The number of methoxy groups -OCH3 is 1. The van der Waals surface area contributed by atoms with Gasteiger partial charge in [-0.1, -0.05) is 6.07 Å². The predicted octanol–water partition coefficient (Wildman–Crippen LogP) is 3.38. The Morgan fingerprint density at radius 1 is 1.24 bits per heavy atom. The number of benzene rings is 2. The molecule has 1 fully saturated rings. The molecule has 1 saturated heterocycles.